The van der Waals surface area contributed by atoms with Crippen LogP contribution in [0.3, 0.4) is 0 Å². The van der Waals surface area contributed by atoms with Gasteiger partial charge in [-0.25, -0.2) is 0 Å². The number of carboxylic acids is 1. The third kappa shape index (κ3) is 4.02. The van der Waals surface area contributed by atoms with Crippen LogP contribution in [0, 0.1) is 17.3 Å². The maximum absolute atomic E-state index is 11.9. The molecule has 4 heteroatoms. The highest BCUT2D eigenvalue weighted by Crippen LogP contribution is 2.30. The second-order valence-electron chi connectivity index (χ2n) is 6.23. The lowest BCUT2D eigenvalue weighted by Crippen LogP contribution is -2.51. The van der Waals surface area contributed by atoms with Gasteiger partial charge >= 0.3 is 5.97 Å². The number of amides is 1. The van der Waals surface area contributed by atoms with Gasteiger partial charge in [0.15, 0.2) is 0 Å². The van der Waals surface area contributed by atoms with Crippen LogP contribution in [0.2, 0.25) is 0 Å². The summed E-state index contributed by atoms with van der Waals surface area (Å²) in [5, 5.41) is 8.62. The Morgan fingerprint density at radius 2 is 1.88 bits per heavy atom. The molecular formula is C13H23NO3. The Bertz CT molecular complexity index is 300. The van der Waals surface area contributed by atoms with Gasteiger partial charge in [0.25, 0.3) is 0 Å². The Morgan fingerprint density at radius 1 is 1.35 bits per heavy atom. The van der Waals surface area contributed by atoms with Crippen molar-refractivity contribution in [2.24, 2.45) is 17.3 Å². The van der Waals surface area contributed by atoms with Crippen LogP contribution in [-0.4, -0.2) is 35.0 Å². The molecule has 0 radical (unpaired) electrons. The Morgan fingerprint density at radius 3 is 2.29 bits per heavy atom. The molecule has 17 heavy (non-hydrogen) atoms. The average Bonchev–Trinajstić information content (AvgIpc) is 2.08. The van der Waals surface area contributed by atoms with Crippen molar-refractivity contribution < 1.29 is 14.7 Å². The van der Waals surface area contributed by atoms with Crippen LogP contribution in [0.25, 0.3) is 0 Å². The van der Waals surface area contributed by atoms with Gasteiger partial charge < -0.3 is 10.0 Å². The number of hydrogen-bond donors (Lipinski definition) is 1. The zero-order valence-electron chi connectivity index (χ0n) is 11.2. The largest absolute Gasteiger partial charge is 0.481 e. The van der Waals surface area contributed by atoms with Crippen molar-refractivity contribution >= 4 is 11.9 Å². The zero-order valence-corrected chi connectivity index (χ0v) is 11.2. The Balaban J connectivity index is 2.31. The minimum atomic E-state index is -0.773. The number of carboxylic acid groups (broad SMARTS) is 1. The first-order valence-corrected chi connectivity index (χ1v) is 6.19. The van der Waals surface area contributed by atoms with E-state index in [0.29, 0.717) is 25.4 Å². The molecule has 0 aromatic heterocycles. The zero-order chi connectivity index (χ0) is 13.2. The van der Waals surface area contributed by atoms with Crippen LogP contribution in [0.15, 0.2) is 0 Å². The predicted molar refractivity (Wildman–Crippen MR) is 65.6 cm³/mol. The van der Waals surface area contributed by atoms with E-state index in [1.807, 2.05) is 0 Å². The molecule has 1 N–H and O–H groups in total. The first-order chi connectivity index (χ1) is 7.70. The van der Waals surface area contributed by atoms with E-state index >= 15 is 0 Å². The summed E-state index contributed by atoms with van der Waals surface area (Å²) in [5.74, 6) is -0.117. The van der Waals surface area contributed by atoms with Crippen molar-refractivity contribution in [1.82, 2.24) is 4.90 Å². The highest BCUT2D eigenvalue weighted by molar-refractivity contribution is 5.77. The van der Waals surface area contributed by atoms with E-state index in [1.54, 1.807) is 4.90 Å². The topological polar surface area (TPSA) is 57.6 Å². The monoisotopic (exact) mass is 241 g/mol. The summed E-state index contributed by atoms with van der Waals surface area (Å²) in [7, 11) is 0. The van der Waals surface area contributed by atoms with Crippen LogP contribution < -0.4 is 0 Å². The smallest absolute Gasteiger partial charge is 0.303 e. The van der Waals surface area contributed by atoms with Crippen molar-refractivity contribution in [3.63, 3.8) is 0 Å². The van der Waals surface area contributed by atoms with Crippen molar-refractivity contribution in [2.75, 3.05) is 13.1 Å². The third-order valence-electron chi connectivity index (χ3n) is 3.73. The number of hydrogen-bond acceptors (Lipinski definition) is 2. The molecule has 1 aliphatic heterocycles. The van der Waals surface area contributed by atoms with Gasteiger partial charge in [-0.3, -0.25) is 9.59 Å². The van der Waals surface area contributed by atoms with E-state index in [9.17, 15) is 9.59 Å². The van der Waals surface area contributed by atoms with E-state index < -0.39 is 5.97 Å². The van der Waals surface area contributed by atoms with Crippen molar-refractivity contribution in [3.05, 3.63) is 0 Å². The summed E-state index contributed by atoms with van der Waals surface area (Å²) in [4.78, 5) is 24.2. The molecule has 1 amide bonds. The van der Waals surface area contributed by atoms with Gasteiger partial charge in [0.2, 0.25) is 5.91 Å². The predicted octanol–water partition coefficient (Wildman–Crippen LogP) is 1.99. The van der Waals surface area contributed by atoms with Crippen LogP contribution in [0.5, 0.6) is 0 Å². The summed E-state index contributed by atoms with van der Waals surface area (Å²) in [5.41, 5.74) is 0.140. The Labute approximate surface area is 103 Å². The molecule has 0 spiro atoms. The molecule has 98 valence electrons. The fraction of sp³-hybridized carbons (Fsp3) is 0.846. The molecule has 1 rings (SSSR count). The fourth-order valence-electron chi connectivity index (χ4n) is 1.85. The lowest BCUT2D eigenvalue weighted by atomic mass is 9.79. The van der Waals surface area contributed by atoms with E-state index in [-0.39, 0.29) is 23.7 Å². The highest BCUT2D eigenvalue weighted by atomic mass is 16.4. The van der Waals surface area contributed by atoms with E-state index in [4.69, 9.17) is 5.11 Å². The molecule has 0 saturated carbocycles. The van der Waals surface area contributed by atoms with Gasteiger partial charge in [0.05, 0.1) is 6.42 Å². The summed E-state index contributed by atoms with van der Waals surface area (Å²) in [6, 6.07) is 0. The maximum atomic E-state index is 11.9. The molecule has 0 bridgehead atoms. The van der Waals surface area contributed by atoms with Crippen LogP contribution in [0.4, 0.5) is 0 Å². The number of nitrogens with zero attached hydrogens (tertiary/aromatic N) is 1. The highest BCUT2D eigenvalue weighted by Gasteiger charge is 2.33. The van der Waals surface area contributed by atoms with Crippen molar-refractivity contribution in [1.29, 1.82) is 0 Å². The normalized spacial score (nSPS) is 18.7. The molecule has 4 nitrogen and oxygen atoms in total. The molecule has 1 unspecified atom stereocenters. The number of rotatable bonds is 4. The summed E-state index contributed by atoms with van der Waals surface area (Å²) >= 11 is 0. The fourth-order valence-corrected chi connectivity index (χ4v) is 1.85. The van der Waals surface area contributed by atoms with Gasteiger partial charge in [-0.15, -0.1) is 0 Å². The van der Waals surface area contributed by atoms with Crippen LogP contribution >= 0.6 is 0 Å². The standard InChI is InChI=1S/C13H23NO3/c1-9(13(2,3)4)5-11(15)14-7-10(8-14)6-12(16)17/h9-10H,5-8H2,1-4H3,(H,16,17). The molecule has 1 heterocycles. The van der Waals surface area contributed by atoms with E-state index in [2.05, 4.69) is 27.7 Å². The van der Waals surface area contributed by atoms with Crippen LogP contribution in [0.1, 0.15) is 40.5 Å². The minimum Gasteiger partial charge on any atom is -0.481 e. The number of likely N-dealkylation sites (tertiary alicyclic amines) is 1. The first kappa shape index (κ1) is 14.0. The van der Waals surface area contributed by atoms with Crippen molar-refractivity contribution in [2.45, 2.75) is 40.5 Å². The summed E-state index contributed by atoms with van der Waals surface area (Å²) < 4.78 is 0. The SMILES string of the molecule is CC(CC(=O)N1CC(CC(=O)O)C1)C(C)(C)C. The lowest BCUT2D eigenvalue weighted by molar-refractivity contribution is -0.145. The first-order valence-electron chi connectivity index (χ1n) is 6.19. The van der Waals surface area contributed by atoms with Gasteiger partial charge in [-0.2, -0.15) is 0 Å². The molecular weight excluding hydrogens is 218 g/mol. The summed E-state index contributed by atoms with van der Waals surface area (Å²) in [6.07, 6.45) is 0.738. The number of aliphatic carboxylic acids is 1. The molecule has 1 aliphatic rings. The van der Waals surface area contributed by atoms with Crippen molar-refractivity contribution in [3.8, 4) is 0 Å². The number of carbonyl (C=O) groups excluding carboxylic acids is 1. The molecule has 0 aromatic carbocycles. The van der Waals surface area contributed by atoms with Crippen LogP contribution in [-0.2, 0) is 9.59 Å². The molecule has 0 aliphatic carbocycles. The van der Waals surface area contributed by atoms with Gasteiger partial charge in [0, 0.05) is 25.4 Å². The second kappa shape index (κ2) is 5.07. The summed E-state index contributed by atoms with van der Waals surface area (Å²) in [6.45, 7) is 9.72. The van der Waals surface area contributed by atoms with E-state index in [0.717, 1.165) is 0 Å². The van der Waals surface area contributed by atoms with Gasteiger partial charge in [-0.05, 0) is 11.3 Å². The minimum absolute atomic E-state index is 0.140. The Hall–Kier alpha value is -1.06. The molecule has 1 atom stereocenters. The van der Waals surface area contributed by atoms with Gasteiger partial charge in [-0.1, -0.05) is 27.7 Å². The molecule has 1 fully saturated rings. The number of carbonyl (C=O) groups is 2. The molecule has 1 saturated heterocycles. The second-order valence-corrected chi connectivity index (χ2v) is 6.23. The van der Waals surface area contributed by atoms with E-state index in [1.165, 1.54) is 0 Å². The third-order valence-corrected chi connectivity index (χ3v) is 3.73. The average molecular weight is 241 g/mol. The Kier molecular flexibility index (Phi) is 4.17. The quantitative estimate of drug-likeness (QED) is 0.819. The van der Waals surface area contributed by atoms with Gasteiger partial charge in [0.1, 0.15) is 0 Å². The molecule has 0 aromatic rings. The lowest BCUT2D eigenvalue weighted by Gasteiger charge is -2.40. The maximum Gasteiger partial charge on any atom is 0.303 e.